The summed E-state index contributed by atoms with van der Waals surface area (Å²) in [5.41, 5.74) is 2.94. The van der Waals surface area contributed by atoms with Gasteiger partial charge < -0.3 is 10.2 Å². The van der Waals surface area contributed by atoms with Gasteiger partial charge in [-0.05, 0) is 68.8 Å². The maximum atomic E-state index is 3.44. The quantitative estimate of drug-likeness (QED) is 0.879. The van der Waals surface area contributed by atoms with Gasteiger partial charge in [-0.1, -0.05) is 12.1 Å². The lowest BCUT2D eigenvalue weighted by Gasteiger charge is -2.23. The summed E-state index contributed by atoms with van der Waals surface area (Å²) in [6, 6.07) is 9.33. The fourth-order valence-corrected chi connectivity index (χ4v) is 3.24. The van der Waals surface area contributed by atoms with Crippen LogP contribution in [0.15, 0.2) is 24.3 Å². The van der Waals surface area contributed by atoms with Gasteiger partial charge in [-0.3, -0.25) is 0 Å². The lowest BCUT2D eigenvalue weighted by molar-refractivity contribution is 0.372. The number of nitrogens with zero attached hydrogens (tertiary/aromatic N) is 1. The third-order valence-electron chi connectivity index (χ3n) is 4.39. The molecule has 2 aliphatic heterocycles. The first-order valence-corrected chi connectivity index (χ1v) is 7.46. The highest BCUT2D eigenvalue weighted by Crippen LogP contribution is 2.23. The molecule has 3 rings (SSSR count). The minimum Gasteiger partial charge on any atom is -0.372 e. The molecule has 0 unspecified atom stereocenters. The van der Waals surface area contributed by atoms with E-state index in [-0.39, 0.29) is 0 Å². The van der Waals surface area contributed by atoms with E-state index < -0.39 is 0 Å². The second-order valence-corrected chi connectivity index (χ2v) is 5.76. The van der Waals surface area contributed by atoms with Crippen molar-refractivity contribution in [1.82, 2.24) is 5.32 Å². The van der Waals surface area contributed by atoms with Gasteiger partial charge in [0, 0.05) is 18.8 Å². The number of piperidine rings is 1. The van der Waals surface area contributed by atoms with Crippen molar-refractivity contribution >= 4 is 5.69 Å². The van der Waals surface area contributed by atoms with Crippen molar-refractivity contribution in [2.45, 2.75) is 32.1 Å². The zero-order chi connectivity index (χ0) is 12.2. The van der Waals surface area contributed by atoms with Crippen LogP contribution in [0.1, 0.15) is 31.2 Å². The fourth-order valence-electron chi connectivity index (χ4n) is 3.24. The van der Waals surface area contributed by atoms with Crippen LogP contribution in [-0.2, 0) is 6.42 Å². The molecule has 0 amide bonds. The van der Waals surface area contributed by atoms with Gasteiger partial charge in [-0.25, -0.2) is 0 Å². The monoisotopic (exact) mass is 244 g/mol. The molecule has 1 aromatic rings. The molecule has 1 aromatic carbocycles. The van der Waals surface area contributed by atoms with Crippen molar-refractivity contribution in [1.29, 1.82) is 0 Å². The van der Waals surface area contributed by atoms with E-state index in [1.807, 2.05) is 0 Å². The number of nitrogens with one attached hydrogen (secondary N) is 1. The summed E-state index contributed by atoms with van der Waals surface area (Å²) in [6.07, 6.45) is 6.66. The molecule has 2 fully saturated rings. The molecule has 0 atom stereocenters. The Morgan fingerprint density at radius 1 is 1.00 bits per heavy atom. The van der Waals surface area contributed by atoms with Crippen molar-refractivity contribution in [3.63, 3.8) is 0 Å². The van der Waals surface area contributed by atoms with E-state index in [9.17, 15) is 0 Å². The van der Waals surface area contributed by atoms with E-state index in [1.54, 1.807) is 0 Å². The van der Waals surface area contributed by atoms with E-state index in [0.717, 1.165) is 5.92 Å². The summed E-state index contributed by atoms with van der Waals surface area (Å²) < 4.78 is 0. The molecular weight excluding hydrogens is 220 g/mol. The maximum absolute atomic E-state index is 3.44. The van der Waals surface area contributed by atoms with Gasteiger partial charge in [0.15, 0.2) is 0 Å². The predicted octanol–water partition coefficient (Wildman–Crippen LogP) is 2.83. The van der Waals surface area contributed by atoms with Crippen LogP contribution in [-0.4, -0.2) is 26.2 Å². The summed E-state index contributed by atoms with van der Waals surface area (Å²) in [5.74, 6) is 0.892. The Balaban J connectivity index is 1.59. The lowest BCUT2D eigenvalue weighted by atomic mass is 9.91. The van der Waals surface area contributed by atoms with E-state index in [4.69, 9.17) is 0 Å². The van der Waals surface area contributed by atoms with Gasteiger partial charge >= 0.3 is 0 Å². The van der Waals surface area contributed by atoms with Gasteiger partial charge in [0.25, 0.3) is 0 Å². The highest BCUT2D eigenvalue weighted by molar-refractivity contribution is 5.48. The summed E-state index contributed by atoms with van der Waals surface area (Å²) in [4.78, 5) is 2.51. The number of benzene rings is 1. The van der Waals surface area contributed by atoms with Crippen molar-refractivity contribution in [2.24, 2.45) is 5.92 Å². The van der Waals surface area contributed by atoms with Crippen LogP contribution in [0.4, 0.5) is 5.69 Å². The van der Waals surface area contributed by atoms with E-state index in [1.165, 1.54) is 69.5 Å². The fraction of sp³-hybridized carbons (Fsp3) is 0.625. The van der Waals surface area contributed by atoms with E-state index in [0.29, 0.717) is 0 Å². The number of hydrogen-bond donors (Lipinski definition) is 1. The highest BCUT2D eigenvalue weighted by Gasteiger charge is 2.14. The van der Waals surface area contributed by atoms with Gasteiger partial charge in [-0.2, -0.15) is 0 Å². The molecule has 98 valence electrons. The second kappa shape index (κ2) is 5.75. The molecule has 0 aliphatic carbocycles. The average Bonchev–Trinajstić information content (AvgIpc) is 2.95. The van der Waals surface area contributed by atoms with Crippen molar-refractivity contribution in [2.75, 3.05) is 31.1 Å². The molecular formula is C16H24N2. The SMILES string of the molecule is c1cc(N2CCCC2)ccc1CC1CCNCC1. The van der Waals surface area contributed by atoms with Crippen LogP contribution >= 0.6 is 0 Å². The lowest BCUT2D eigenvalue weighted by Crippen LogP contribution is -2.28. The van der Waals surface area contributed by atoms with E-state index in [2.05, 4.69) is 34.5 Å². The van der Waals surface area contributed by atoms with Gasteiger partial charge in [0.1, 0.15) is 0 Å². The van der Waals surface area contributed by atoms with E-state index >= 15 is 0 Å². The van der Waals surface area contributed by atoms with Crippen LogP contribution in [0.3, 0.4) is 0 Å². The summed E-state index contributed by atoms with van der Waals surface area (Å²) in [6.45, 7) is 4.90. The Bertz CT molecular complexity index is 359. The van der Waals surface area contributed by atoms with Gasteiger partial charge in [-0.15, -0.1) is 0 Å². The Hall–Kier alpha value is -1.02. The molecule has 0 saturated carbocycles. The molecule has 0 bridgehead atoms. The number of rotatable bonds is 3. The van der Waals surface area contributed by atoms with Crippen LogP contribution in [0, 0.1) is 5.92 Å². The summed E-state index contributed by atoms with van der Waals surface area (Å²) >= 11 is 0. The molecule has 0 radical (unpaired) electrons. The summed E-state index contributed by atoms with van der Waals surface area (Å²) in [5, 5.41) is 3.44. The molecule has 2 nitrogen and oxygen atoms in total. The third kappa shape index (κ3) is 2.86. The highest BCUT2D eigenvalue weighted by atomic mass is 15.1. The minimum atomic E-state index is 0.892. The Kier molecular flexibility index (Phi) is 3.84. The van der Waals surface area contributed by atoms with Crippen LogP contribution in [0.25, 0.3) is 0 Å². The number of anilines is 1. The molecule has 2 heteroatoms. The minimum absolute atomic E-state index is 0.892. The predicted molar refractivity (Wildman–Crippen MR) is 77.2 cm³/mol. The number of hydrogen-bond acceptors (Lipinski definition) is 2. The largest absolute Gasteiger partial charge is 0.372 e. The smallest absolute Gasteiger partial charge is 0.0366 e. The van der Waals surface area contributed by atoms with Crippen LogP contribution in [0.2, 0.25) is 0 Å². The Morgan fingerprint density at radius 2 is 1.67 bits per heavy atom. The van der Waals surface area contributed by atoms with Crippen molar-refractivity contribution in [3.8, 4) is 0 Å². The van der Waals surface area contributed by atoms with Crippen LogP contribution < -0.4 is 10.2 Å². The van der Waals surface area contributed by atoms with Gasteiger partial charge in [0.2, 0.25) is 0 Å². The molecule has 2 heterocycles. The molecule has 2 saturated heterocycles. The van der Waals surface area contributed by atoms with Crippen molar-refractivity contribution < 1.29 is 0 Å². The standard InChI is InChI=1S/C16H24N2/c1-2-12-18(11-1)16-5-3-14(4-6-16)13-15-7-9-17-10-8-15/h3-6,15,17H,1-2,7-13H2. The Labute approximate surface area is 110 Å². The zero-order valence-electron chi connectivity index (χ0n) is 11.2. The zero-order valence-corrected chi connectivity index (χ0v) is 11.2. The average molecular weight is 244 g/mol. The first-order valence-electron chi connectivity index (χ1n) is 7.46. The normalized spacial score (nSPS) is 21.4. The molecule has 0 aromatic heterocycles. The molecule has 2 aliphatic rings. The molecule has 1 N–H and O–H groups in total. The summed E-state index contributed by atoms with van der Waals surface area (Å²) in [7, 11) is 0. The van der Waals surface area contributed by atoms with Crippen molar-refractivity contribution in [3.05, 3.63) is 29.8 Å². The molecule has 0 spiro atoms. The topological polar surface area (TPSA) is 15.3 Å². The second-order valence-electron chi connectivity index (χ2n) is 5.76. The first-order chi connectivity index (χ1) is 8.92. The first kappa shape index (κ1) is 12.0. The third-order valence-corrected chi connectivity index (χ3v) is 4.39. The Morgan fingerprint density at radius 3 is 2.33 bits per heavy atom. The molecule has 18 heavy (non-hydrogen) atoms. The van der Waals surface area contributed by atoms with Crippen LogP contribution in [0.5, 0.6) is 0 Å². The van der Waals surface area contributed by atoms with Gasteiger partial charge in [0.05, 0.1) is 0 Å². The maximum Gasteiger partial charge on any atom is 0.0366 e.